The van der Waals surface area contributed by atoms with E-state index in [0.717, 1.165) is 18.6 Å². The second-order valence-electron chi connectivity index (χ2n) is 5.24. The SMILES string of the molecule is Nc1ncnc2c1ncn2[C@@H]1O[C@@H](CO)C[C@@]12CCS2. The Balaban J connectivity index is 1.80. The van der Waals surface area contributed by atoms with E-state index in [2.05, 4.69) is 15.0 Å². The Morgan fingerprint density at radius 3 is 3.05 bits per heavy atom. The number of nitrogen functional groups attached to an aromatic ring is 1. The van der Waals surface area contributed by atoms with Gasteiger partial charge in [0.2, 0.25) is 0 Å². The van der Waals surface area contributed by atoms with Crippen molar-refractivity contribution in [2.24, 2.45) is 0 Å². The van der Waals surface area contributed by atoms with E-state index in [1.54, 1.807) is 6.33 Å². The number of nitrogens with zero attached hydrogens (tertiary/aromatic N) is 4. The van der Waals surface area contributed by atoms with Gasteiger partial charge in [-0.3, -0.25) is 4.57 Å². The Labute approximate surface area is 119 Å². The van der Waals surface area contributed by atoms with Crippen LogP contribution in [0.2, 0.25) is 0 Å². The van der Waals surface area contributed by atoms with Crippen LogP contribution in [0, 0.1) is 0 Å². The maximum atomic E-state index is 9.39. The molecule has 2 saturated heterocycles. The zero-order chi connectivity index (χ0) is 13.7. The molecule has 1 spiro atoms. The molecule has 0 radical (unpaired) electrons. The van der Waals surface area contributed by atoms with Crippen molar-refractivity contribution in [3.05, 3.63) is 12.7 Å². The Bertz CT molecular complexity index is 656. The molecule has 3 atom stereocenters. The normalized spacial score (nSPS) is 32.9. The van der Waals surface area contributed by atoms with Crippen molar-refractivity contribution in [1.82, 2.24) is 19.5 Å². The molecule has 0 unspecified atom stereocenters. The number of rotatable bonds is 2. The summed E-state index contributed by atoms with van der Waals surface area (Å²) in [7, 11) is 0. The molecule has 106 valence electrons. The highest BCUT2D eigenvalue weighted by atomic mass is 32.2. The molecule has 0 amide bonds. The molecule has 2 aromatic heterocycles. The van der Waals surface area contributed by atoms with Crippen LogP contribution in [0.3, 0.4) is 0 Å². The summed E-state index contributed by atoms with van der Waals surface area (Å²) in [5.74, 6) is 1.50. The summed E-state index contributed by atoms with van der Waals surface area (Å²) >= 11 is 1.89. The van der Waals surface area contributed by atoms with Crippen molar-refractivity contribution < 1.29 is 9.84 Å². The number of imidazole rings is 1. The molecule has 0 saturated carbocycles. The third-order valence-electron chi connectivity index (χ3n) is 4.10. The first-order valence-corrected chi connectivity index (χ1v) is 7.55. The highest BCUT2D eigenvalue weighted by Gasteiger charge is 2.54. The van der Waals surface area contributed by atoms with Gasteiger partial charge >= 0.3 is 0 Å². The fourth-order valence-electron chi connectivity index (χ4n) is 3.03. The molecule has 2 fully saturated rings. The summed E-state index contributed by atoms with van der Waals surface area (Å²) in [6, 6.07) is 0. The van der Waals surface area contributed by atoms with Crippen molar-refractivity contribution in [1.29, 1.82) is 0 Å². The molecular formula is C12H15N5O2S. The first kappa shape index (κ1) is 12.4. The van der Waals surface area contributed by atoms with Gasteiger partial charge in [0.15, 0.2) is 17.7 Å². The van der Waals surface area contributed by atoms with Crippen LogP contribution in [0.1, 0.15) is 19.1 Å². The maximum Gasteiger partial charge on any atom is 0.167 e. The van der Waals surface area contributed by atoms with Crippen LogP contribution < -0.4 is 5.73 Å². The second kappa shape index (κ2) is 4.31. The van der Waals surface area contributed by atoms with E-state index in [-0.39, 0.29) is 23.7 Å². The molecule has 4 heterocycles. The number of ether oxygens (including phenoxy) is 1. The van der Waals surface area contributed by atoms with Gasteiger partial charge in [-0.25, -0.2) is 15.0 Å². The second-order valence-corrected chi connectivity index (χ2v) is 6.75. The molecule has 0 bridgehead atoms. The zero-order valence-electron chi connectivity index (χ0n) is 10.8. The van der Waals surface area contributed by atoms with Gasteiger partial charge in [0.25, 0.3) is 0 Å². The fraction of sp³-hybridized carbons (Fsp3) is 0.583. The average molecular weight is 293 g/mol. The first-order chi connectivity index (χ1) is 9.73. The van der Waals surface area contributed by atoms with Crippen molar-refractivity contribution in [3.63, 3.8) is 0 Å². The molecule has 8 heteroatoms. The molecule has 4 rings (SSSR count). The molecule has 20 heavy (non-hydrogen) atoms. The lowest BCUT2D eigenvalue weighted by Gasteiger charge is -2.41. The molecule has 0 aromatic carbocycles. The summed E-state index contributed by atoms with van der Waals surface area (Å²) in [6.07, 6.45) is 4.82. The Hall–Kier alpha value is -1.38. The Kier molecular flexibility index (Phi) is 2.66. The van der Waals surface area contributed by atoms with Crippen LogP contribution in [0.4, 0.5) is 5.82 Å². The number of anilines is 1. The van der Waals surface area contributed by atoms with Gasteiger partial charge in [0.1, 0.15) is 11.8 Å². The van der Waals surface area contributed by atoms with E-state index in [4.69, 9.17) is 10.5 Å². The minimum absolute atomic E-state index is 0.0285. The van der Waals surface area contributed by atoms with Crippen LogP contribution in [-0.2, 0) is 4.74 Å². The highest BCUT2D eigenvalue weighted by molar-refractivity contribution is 8.02. The predicted molar refractivity (Wildman–Crippen MR) is 75.2 cm³/mol. The average Bonchev–Trinajstić information content (AvgIpc) is 2.99. The van der Waals surface area contributed by atoms with E-state index < -0.39 is 0 Å². The summed E-state index contributed by atoms with van der Waals surface area (Å²) in [4.78, 5) is 12.5. The van der Waals surface area contributed by atoms with Gasteiger partial charge in [-0.1, -0.05) is 0 Å². The van der Waals surface area contributed by atoms with Gasteiger partial charge in [0.05, 0.1) is 23.8 Å². The molecule has 7 nitrogen and oxygen atoms in total. The highest BCUT2D eigenvalue weighted by Crippen LogP contribution is 2.57. The van der Waals surface area contributed by atoms with Crippen molar-refractivity contribution in [2.45, 2.75) is 29.9 Å². The maximum absolute atomic E-state index is 9.39. The smallest absolute Gasteiger partial charge is 0.167 e. The minimum Gasteiger partial charge on any atom is -0.394 e. The number of thioether (sulfide) groups is 1. The number of nitrogens with two attached hydrogens (primary N) is 1. The van der Waals surface area contributed by atoms with Crippen LogP contribution >= 0.6 is 11.8 Å². The first-order valence-electron chi connectivity index (χ1n) is 6.57. The van der Waals surface area contributed by atoms with Crippen molar-refractivity contribution in [2.75, 3.05) is 18.1 Å². The lowest BCUT2D eigenvalue weighted by molar-refractivity contribution is -0.0283. The summed E-state index contributed by atoms with van der Waals surface area (Å²) in [5.41, 5.74) is 7.11. The summed E-state index contributed by atoms with van der Waals surface area (Å²) in [5, 5.41) is 9.39. The van der Waals surface area contributed by atoms with Crippen LogP contribution in [0.25, 0.3) is 11.2 Å². The Morgan fingerprint density at radius 1 is 1.50 bits per heavy atom. The van der Waals surface area contributed by atoms with Gasteiger partial charge in [-0.2, -0.15) is 11.8 Å². The number of aliphatic hydroxyl groups excluding tert-OH is 1. The molecular weight excluding hydrogens is 278 g/mol. The van der Waals surface area contributed by atoms with Crippen LogP contribution in [-0.4, -0.2) is 47.8 Å². The summed E-state index contributed by atoms with van der Waals surface area (Å²) < 4.78 is 7.97. The van der Waals surface area contributed by atoms with Crippen LogP contribution in [0.5, 0.6) is 0 Å². The number of hydrogen-bond acceptors (Lipinski definition) is 7. The summed E-state index contributed by atoms with van der Waals surface area (Å²) in [6.45, 7) is 0.0442. The number of aromatic nitrogens is 4. The lowest BCUT2D eigenvalue weighted by atomic mass is 9.97. The number of aliphatic hydroxyl groups is 1. The lowest BCUT2D eigenvalue weighted by Crippen LogP contribution is -2.40. The third-order valence-corrected chi connectivity index (χ3v) is 5.66. The fourth-order valence-corrected chi connectivity index (χ4v) is 4.37. The van der Waals surface area contributed by atoms with Gasteiger partial charge < -0.3 is 15.6 Å². The van der Waals surface area contributed by atoms with E-state index in [1.165, 1.54) is 6.33 Å². The zero-order valence-corrected chi connectivity index (χ0v) is 11.6. The Morgan fingerprint density at radius 2 is 2.35 bits per heavy atom. The van der Waals surface area contributed by atoms with E-state index in [1.807, 2.05) is 16.3 Å². The molecule has 0 aliphatic carbocycles. The number of hydrogen-bond donors (Lipinski definition) is 2. The van der Waals surface area contributed by atoms with E-state index in [0.29, 0.717) is 17.0 Å². The molecule has 2 aliphatic rings. The van der Waals surface area contributed by atoms with Crippen molar-refractivity contribution in [3.8, 4) is 0 Å². The van der Waals surface area contributed by atoms with Gasteiger partial charge in [-0.15, -0.1) is 0 Å². The van der Waals surface area contributed by atoms with Gasteiger partial charge in [0, 0.05) is 0 Å². The molecule has 2 aliphatic heterocycles. The van der Waals surface area contributed by atoms with E-state index in [9.17, 15) is 5.11 Å². The monoisotopic (exact) mass is 293 g/mol. The third kappa shape index (κ3) is 1.58. The minimum atomic E-state index is -0.155. The quantitative estimate of drug-likeness (QED) is 0.834. The molecule has 2 aromatic rings. The van der Waals surface area contributed by atoms with Gasteiger partial charge in [-0.05, 0) is 18.6 Å². The predicted octanol–water partition coefficient (Wildman–Crippen LogP) is 0.564. The number of fused-ring (bicyclic) bond motifs is 1. The largest absolute Gasteiger partial charge is 0.394 e. The molecule has 3 N–H and O–H groups in total. The van der Waals surface area contributed by atoms with Crippen molar-refractivity contribution >= 4 is 28.7 Å². The standard InChI is InChI=1S/C12H15N5O2S/c13-9-8-10(15-5-14-9)17(6-16-8)11-12(1-2-20-12)3-7(4-18)19-11/h5-7,11,18H,1-4H2,(H2,13,14,15)/t7-,11-,12+/m1/s1. The topological polar surface area (TPSA) is 99.1 Å². The van der Waals surface area contributed by atoms with E-state index >= 15 is 0 Å². The van der Waals surface area contributed by atoms with Crippen LogP contribution in [0.15, 0.2) is 12.7 Å².